The quantitative estimate of drug-likeness (QED) is 0.677. The van der Waals surface area contributed by atoms with Crippen molar-refractivity contribution in [3.8, 4) is 0 Å². The molecule has 1 aromatic heterocycles. The van der Waals surface area contributed by atoms with E-state index in [1.807, 2.05) is 6.92 Å². The van der Waals surface area contributed by atoms with Gasteiger partial charge in [0.25, 0.3) is 5.91 Å². The average molecular weight is 312 g/mol. The number of thiophene rings is 1. The highest BCUT2D eigenvalue weighted by Gasteiger charge is 2.24. The molecule has 0 bridgehead atoms. The maximum absolute atomic E-state index is 11.7. The molecule has 21 heavy (non-hydrogen) atoms. The van der Waals surface area contributed by atoms with E-state index in [4.69, 9.17) is 5.11 Å². The monoisotopic (exact) mass is 312 g/mol. The number of nitrogens with one attached hydrogen (secondary N) is 2. The fraction of sp³-hybridized carbons (Fsp3) is 0.500. The Morgan fingerprint density at radius 3 is 2.62 bits per heavy atom. The first-order valence-corrected chi connectivity index (χ1v) is 7.67. The van der Waals surface area contributed by atoms with Crippen molar-refractivity contribution >= 4 is 29.1 Å². The number of carbonyl (C=O) groups excluding carboxylic acids is 2. The molecule has 0 fully saturated rings. The van der Waals surface area contributed by atoms with Crippen molar-refractivity contribution in [1.29, 1.82) is 0 Å². The number of carbonyl (C=O) groups is 3. The smallest absolute Gasteiger partial charge is 0.326 e. The third-order valence-corrected chi connectivity index (χ3v) is 4.05. The molecule has 0 aliphatic rings. The molecule has 116 valence electrons. The van der Waals surface area contributed by atoms with Gasteiger partial charge in [0.1, 0.15) is 6.04 Å². The first kappa shape index (κ1) is 17.2. The van der Waals surface area contributed by atoms with Crippen molar-refractivity contribution in [1.82, 2.24) is 10.6 Å². The highest BCUT2D eigenvalue weighted by atomic mass is 32.1. The Balaban J connectivity index is 2.36. The van der Waals surface area contributed by atoms with Crippen molar-refractivity contribution in [2.45, 2.75) is 32.7 Å². The lowest BCUT2D eigenvalue weighted by molar-refractivity contribution is -0.143. The number of carboxylic acid groups (broad SMARTS) is 1. The van der Waals surface area contributed by atoms with Crippen LogP contribution in [0.25, 0.3) is 0 Å². The number of rotatable bonds is 8. The number of aliphatic carboxylic acids is 1. The van der Waals surface area contributed by atoms with Crippen LogP contribution < -0.4 is 10.6 Å². The number of hydrogen-bond acceptors (Lipinski definition) is 4. The van der Waals surface area contributed by atoms with Crippen LogP contribution in [0.4, 0.5) is 0 Å². The van der Waals surface area contributed by atoms with Crippen molar-refractivity contribution in [3.05, 3.63) is 22.4 Å². The molecule has 0 saturated heterocycles. The molecular weight excluding hydrogens is 292 g/mol. The fourth-order valence-electron chi connectivity index (χ4n) is 1.71. The van der Waals surface area contributed by atoms with Crippen LogP contribution in [0.3, 0.4) is 0 Å². The van der Waals surface area contributed by atoms with E-state index in [1.54, 1.807) is 24.4 Å². The van der Waals surface area contributed by atoms with Crippen molar-refractivity contribution < 1.29 is 19.5 Å². The van der Waals surface area contributed by atoms with E-state index >= 15 is 0 Å². The van der Waals surface area contributed by atoms with Crippen LogP contribution in [0, 0.1) is 5.92 Å². The summed E-state index contributed by atoms with van der Waals surface area (Å²) in [6.45, 7) is 3.82. The molecule has 0 aliphatic carbocycles. The maximum Gasteiger partial charge on any atom is 0.326 e. The highest BCUT2D eigenvalue weighted by Crippen LogP contribution is 2.09. The topological polar surface area (TPSA) is 95.5 Å². The van der Waals surface area contributed by atoms with E-state index in [0.29, 0.717) is 11.3 Å². The minimum absolute atomic E-state index is 0.0529. The Hall–Kier alpha value is -1.89. The summed E-state index contributed by atoms with van der Waals surface area (Å²) in [5.74, 6) is -1.80. The summed E-state index contributed by atoms with van der Waals surface area (Å²) >= 11 is 1.32. The van der Waals surface area contributed by atoms with Gasteiger partial charge in [0, 0.05) is 13.0 Å². The average Bonchev–Trinajstić information content (AvgIpc) is 2.97. The first-order valence-electron chi connectivity index (χ1n) is 6.79. The molecule has 0 unspecified atom stereocenters. The molecule has 0 aromatic carbocycles. The Bertz CT molecular complexity index is 487. The van der Waals surface area contributed by atoms with Crippen molar-refractivity contribution in [3.63, 3.8) is 0 Å². The van der Waals surface area contributed by atoms with Crippen LogP contribution in [0.2, 0.25) is 0 Å². The fourth-order valence-corrected chi connectivity index (χ4v) is 2.35. The van der Waals surface area contributed by atoms with Gasteiger partial charge in [-0.3, -0.25) is 9.59 Å². The summed E-state index contributed by atoms with van der Waals surface area (Å²) < 4.78 is 0. The Morgan fingerprint density at radius 1 is 1.38 bits per heavy atom. The summed E-state index contributed by atoms with van der Waals surface area (Å²) in [6.07, 6.45) is 0.712. The molecule has 0 radical (unpaired) electrons. The maximum atomic E-state index is 11.7. The van der Waals surface area contributed by atoms with Gasteiger partial charge in [-0.1, -0.05) is 26.3 Å². The molecule has 3 N–H and O–H groups in total. The number of amides is 2. The van der Waals surface area contributed by atoms with Crippen LogP contribution in [0.1, 0.15) is 36.4 Å². The van der Waals surface area contributed by atoms with Crippen LogP contribution in [0.5, 0.6) is 0 Å². The molecule has 1 heterocycles. The van der Waals surface area contributed by atoms with Crippen molar-refractivity contribution in [2.24, 2.45) is 5.92 Å². The minimum Gasteiger partial charge on any atom is -0.480 e. The molecule has 1 rings (SSSR count). The zero-order valence-corrected chi connectivity index (χ0v) is 12.9. The lowest BCUT2D eigenvalue weighted by Gasteiger charge is -2.20. The number of carboxylic acids is 1. The molecular formula is C14H20N2O4S. The summed E-state index contributed by atoms with van der Waals surface area (Å²) in [5.41, 5.74) is 0. The predicted molar refractivity (Wildman–Crippen MR) is 80.3 cm³/mol. The normalized spacial score (nSPS) is 13.2. The highest BCUT2D eigenvalue weighted by molar-refractivity contribution is 7.12. The third kappa shape index (κ3) is 5.55. The largest absolute Gasteiger partial charge is 0.480 e. The van der Waals surface area contributed by atoms with E-state index in [1.165, 1.54) is 11.3 Å². The van der Waals surface area contributed by atoms with Gasteiger partial charge in [-0.05, 0) is 17.4 Å². The molecule has 0 aliphatic heterocycles. The molecule has 1 aromatic rings. The molecule has 0 saturated carbocycles. The van der Waals surface area contributed by atoms with Gasteiger partial charge in [0.2, 0.25) is 5.91 Å². The minimum atomic E-state index is -1.04. The zero-order valence-electron chi connectivity index (χ0n) is 12.1. The second kappa shape index (κ2) is 8.41. The van der Waals surface area contributed by atoms with E-state index in [9.17, 15) is 14.4 Å². The van der Waals surface area contributed by atoms with E-state index in [0.717, 1.165) is 0 Å². The van der Waals surface area contributed by atoms with Crippen LogP contribution in [-0.4, -0.2) is 35.5 Å². The molecule has 2 amide bonds. The molecule has 0 spiro atoms. The Kier molecular flexibility index (Phi) is 6.87. The van der Waals surface area contributed by atoms with Gasteiger partial charge >= 0.3 is 5.97 Å². The summed E-state index contributed by atoms with van der Waals surface area (Å²) in [4.78, 5) is 35.0. The van der Waals surface area contributed by atoms with Gasteiger partial charge in [-0.25, -0.2) is 4.79 Å². The lowest BCUT2D eigenvalue weighted by Crippen LogP contribution is -2.45. The summed E-state index contributed by atoms with van der Waals surface area (Å²) in [6, 6.07) is 2.58. The van der Waals surface area contributed by atoms with Gasteiger partial charge in [0.05, 0.1) is 4.88 Å². The second-order valence-corrected chi connectivity index (χ2v) is 5.70. The summed E-state index contributed by atoms with van der Waals surface area (Å²) in [5, 5.41) is 16.0. The lowest BCUT2D eigenvalue weighted by atomic mass is 9.99. The summed E-state index contributed by atoms with van der Waals surface area (Å²) in [7, 11) is 0. The third-order valence-electron chi connectivity index (χ3n) is 3.18. The molecule has 2 atom stereocenters. The Morgan fingerprint density at radius 2 is 2.10 bits per heavy atom. The molecule has 7 heteroatoms. The van der Waals surface area contributed by atoms with E-state index in [-0.39, 0.29) is 30.7 Å². The first-order chi connectivity index (χ1) is 9.95. The van der Waals surface area contributed by atoms with Gasteiger partial charge in [0.15, 0.2) is 0 Å². The SMILES string of the molecule is CC[C@H](C)[C@H](NC(=O)CCNC(=O)c1cccs1)C(=O)O. The van der Waals surface area contributed by atoms with E-state index in [2.05, 4.69) is 10.6 Å². The van der Waals surface area contributed by atoms with Gasteiger partial charge < -0.3 is 15.7 Å². The van der Waals surface area contributed by atoms with Gasteiger partial charge in [-0.15, -0.1) is 11.3 Å². The van der Waals surface area contributed by atoms with Crippen LogP contribution in [-0.2, 0) is 9.59 Å². The van der Waals surface area contributed by atoms with Crippen LogP contribution in [0.15, 0.2) is 17.5 Å². The standard InChI is InChI=1S/C14H20N2O4S/c1-3-9(2)12(14(19)20)16-11(17)6-7-15-13(18)10-5-4-8-21-10/h4-5,8-9,12H,3,6-7H2,1-2H3,(H,15,18)(H,16,17)(H,19,20)/t9-,12-/m0/s1. The van der Waals surface area contributed by atoms with Crippen LogP contribution >= 0.6 is 11.3 Å². The predicted octanol–water partition coefficient (Wildman–Crippen LogP) is 1.48. The number of hydrogen-bond donors (Lipinski definition) is 3. The van der Waals surface area contributed by atoms with Gasteiger partial charge in [-0.2, -0.15) is 0 Å². The Labute approximate surface area is 127 Å². The zero-order chi connectivity index (χ0) is 15.8. The second-order valence-electron chi connectivity index (χ2n) is 4.75. The molecule has 6 nitrogen and oxygen atoms in total. The van der Waals surface area contributed by atoms with E-state index < -0.39 is 12.0 Å². The van der Waals surface area contributed by atoms with Crippen molar-refractivity contribution in [2.75, 3.05) is 6.54 Å².